The molecule has 4 saturated carbocycles. The van der Waals surface area contributed by atoms with Crippen LogP contribution in [0.15, 0.2) is 6.08 Å². The summed E-state index contributed by atoms with van der Waals surface area (Å²) in [5.41, 5.74) is -0.0280. The molecule has 0 bridgehead atoms. The number of allylic oxidation sites excluding steroid dienone is 1. The molecule has 248 valence electrons. The van der Waals surface area contributed by atoms with E-state index in [0.717, 1.165) is 26.2 Å². The summed E-state index contributed by atoms with van der Waals surface area (Å²) in [5.74, 6) is 0. The molecule has 0 aromatic rings. The number of hydrogen-bond acceptors (Lipinski definition) is 4. The van der Waals surface area contributed by atoms with Crippen LogP contribution < -0.4 is 0 Å². The maximum absolute atomic E-state index is 8.73. The van der Waals surface area contributed by atoms with E-state index in [1.54, 1.807) is 0 Å². The van der Waals surface area contributed by atoms with Gasteiger partial charge in [-0.3, -0.25) is 0 Å². The summed E-state index contributed by atoms with van der Waals surface area (Å²) >= 11 is 0. The van der Waals surface area contributed by atoms with Crippen molar-refractivity contribution >= 4 is 32.4 Å². The van der Waals surface area contributed by atoms with Gasteiger partial charge in [0.05, 0.1) is 0 Å². The summed E-state index contributed by atoms with van der Waals surface area (Å²) in [6.07, 6.45) is 28.8. The summed E-state index contributed by atoms with van der Waals surface area (Å²) < 4.78 is 6.83. The molecule has 0 unspecified atom stereocenters. The van der Waals surface area contributed by atoms with Crippen LogP contribution in [-0.4, -0.2) is 82.9 Å². The van der Waals surface area contributed by atoms with Crippen molar-refractivity contribution in [2.75, 3.05) is 26.2 Å². The molecule has 0 radical (unpaired) electrons. The molecule has 6 aliphatic rings. The van der Waals surface area contributed by atoms with Gasteiger partial charge in [-0.1, -0.05) is 0 Å². The molecule has 0 spiro atoms. The third-order valence-corrected chi connectivity index (χ3v) is 21.0. The van der Waals surface area contributed by atoms with Crippen molar-refractivity contribution in [3.05, 3.63) is 6.08 Å². The van der Waals surface area contributed by atoms with Crippen LogP contribution >= 0.6 is 19.4 Å². The Kier molecular flexibility index (Phi) is 10.8. The van der Waals surface area contributed by atoms with Gasteiger partial charge in [0.2, 0.25) is 0 Å². The zero-order valence-electron chi connectivity index (χ0n) is 27.8. The minimum atomic E-state index is -4.71. The first kappa shape index (κ1) is 33.3. The number of rotatable bonds is 4. The van der Waals surface area contributed by atoms with Gasteiger partial charge in [0.15, 0.2) is 0 Å². The molecule has 2 heterocycles. The van der Waals surface area contributed by atoms with Crippen LogP contribution in [0.1, 0.15) is 149 Å². The molecule has 0 aromatic heterocycles. The minimum absolute atomic E-state index is 0.0280. The SMILES string of the molecule is CC(C)(C)C=[C]=[Ru]([Cl])([Cl])(=[C]1N(C2CCCCC2)CCN1C1CCCCC1)=[C]1N(C2CCCCC2)CCN1C1CCCCC1. The van der Waals surface area contributed by atoms with Gasteiger partial charge in [-0.2, -0.15) is 0 Å². The number of hydrogen-bond donors (Lipinski definition) is 0. The fourth-order valence-electron chi connectivity index (χ4n) is 9.12. The predicted octanol–water partition coefficient (Wildman–Crippen LogP) is 8.73. The molecule has 7 heteroatoms. The molecule has 6 fully saturated rings. The molecular formula is C36H62Cl2N4Ru. The van der Waals surface area contributed by atoms with Crippen molar-refractivity contribution in [2.45, 2.75) is 173 Å². The Morgan fingerprint density at radius 2 is 0.767 bits per heavy atom. The van der Waals surface area contributed by atoms with Gasteiger partial charge in [0.1, 0.15) is 0 Å². The molecule has 6 rings (SSSR count). The quantitative estimate of drug-likeness (QED) is 0.269. The van der Waals surface area contributed by atoms with Gasteiger partial charge >= 0.3 is 273 Å². The summed E-state index contributed by atoms with van der Waals surface area (Å²) in [6.45, 7) is 11.2. The third-order valence-electron chi connectivity index (χ3n) is 11.4. The Bertz CT molecular complexity index is 1120. The van der Waals surface area contributed by atoms with E-state index in [0.29, 0.717) is 24.2 Å². The average Bonchev–Trinajstić information content (AvgIpc) is 3.69. The topological polar surface area (TPSA) is 13.0 Å². The monoisotopic (exact) mass is 722 g/mol. The first-order chi connectivity index (χ1) is 20.6. The Labute approximate surface area is 271 Å². The molecule has 2 aliphatic heterocycles. The van der Waals surface area contributed by atoms with E-state index in [-0.39, 0.29) is 5.41 Å². The van der Waals surface area contributed by atoms with E-state index in [9.17, 15) is 0 Å². The van der Waals surface area contributed by atoms with Crippen molar-refractivity contribution in [3.8, 4) is 0 Å². The van der Waals surface area contributed by atoms with E-state index >= 15 is 0 Å². The van der Waals surface area contributed by atoms with E-state index < -0.39 is 10.3 Å². The summed E-state index contributed by atoms with van der Waals surface area (Å²) in [5, 5.41) is 0. The summed E-state index contributed by atoms with van der Waals surface area (Å²) in [6, 6.07) is 2.27. The Hall–Kier alpha value is 0.433. The molecular weight excluding hydrogens is 660 g/mol. The first-order valence-corrected chi connectivity index (χ1v) is 25.4. The molecule has 0 atom stereocenters. The van der Waals surface area contributed by atoms with Crippen molar-refractivity contribution < 1.29 is 10.3 Å². The molecule has 4 nitrogen and oxygen atoms in total. The fourth-order valence-corrected chi connectivity index (χ4v) is 20.8. The van der Waals surface area contributed by atoms with E-state index in [1.807, 2.05) is 0 Å². The summed E-state index contributed by atoms with van der Waals surface area (Å²) in [7, 11) is 12.7. The van der Waals surface area contributed by atoms with Crippen LogP contribution in [0.3, 0.4) is 0 Å². The molecule has 0 aromatic carbocycles. The van der Waals surface area contributed by atoms with Gasteiger partial charge in [0.25, 0.3) is 0 Å². The predicted molar refractivity (Wildman–Crippen MR) is 185 cm³/mol. The summed E-state index contributed by atoms with van der Waals surface area (Å²) in [4.78, 5) is 11.2. The van der Waals surface area contributed by atoms with Crippen molar-refractivity contribution in [2.24, 2.45) is 5.41 Å². The Morgan fingerprint density at radius 1 is 0.512 bits per heavy atom. The number of nitrogens with zero attached hydrogens (tertiary/aromatic N) is 4. The van der Waals surface area contributed by atoms with Gasteiger partial charge in [-0.15, -0.1) is 0 Å². The molecule has 4 aliphatic carbocycles. The average molecular weight is 723 g/mol. The van der Waals surface area contributed by atoms with E-state index in [1.165, 1.54) is 137 Å². The second-order valence-corrected chi connectivity index (χ2v) is 28.5. The maximum atomic E-state index is 8.73. The first-order valence-electron chi connectivity index (χ1n) is 18.3. The van der Waals surface area contributed by atoms with Gasteiger partial charge < -0.3 is 0 Å². The Morgan fingerprint density at radius 3 is 1.00 bits per heavy atom. The van der Waals surface area contributed by atoms with Crippen molar-refractivity contribution in [1.82, 2.24) is 19.6 Å². The van der Waals surface area contributed by atoms with Crippen LogP contribution in [0.2, 0.25) is 0 Å². The zero-order valence-corrected chi connectivity index (χ0v) is 31.0. The van der Waals surface area contributed by atoms with Crippen LogP contribution in [0.4, 0.5) is 0 Å². The molecule has 43 heavy (non-hydrogen) atoms. The van der Waals surface area contributed by atoms with Gasteiger partial charge in [-0.05, 0) is 0 Å². The van der Waals surface area contributed by atoms with Crippen LogP contribution in [0, 0.1) is 5.41 Å². The normalized spacial score (nSPS) is 29.2. The standard InChI is InChI=1S/2C15H26N2.C6H10.2ClH.Ru/c2*1-3-7-14(8-4-1)16-11-12-17(13-16)15-9-5-2-6-10-15;1-5-6(2,3)4;;;/h2*14-15H,1-12H2;5H,2-4H3;2*1H;/q;;;;;+2/p-2. The van der Waals surface area contributed by atoms with Crippen molar-refractivity contribution in [1.29, 1.82) is 0 Å². The Balaban J connectivity index is 1.70. The van der Waals surface area contributed by atoms with Crippen LogP contribution in [-0.2, 0) is 10.3 Å². The van der Waals surface area contributed by atoms with Gasteiger partial charge in [0, 0.05) is 0 Å². The zero-order chi connectivity index (χ0) is 30.1. The van der Waals surface area contributed by atoms with Gasteiger partial charge in [-0.25, -0.2) is 0 Å². The molecule has 0 N–H and O–H groups in total. The van der Waals surface area contributed by atoms with E-state index in [4.69, 9.17) is 19.4 Å². The molecule has 2 saturated heterocycles. The van der Waals surface area contributed by atoms with Crippen LogP contribution in [0.5, 0.6) is 0 Å². The third kappa shape index (κ3) is 7.16. The second-order valence-electron chi connectivity index (χ2n) is 15.8. The van der Waals surface area contributed by atoms with E-state index in [2.05, 4.69) is 50.7 Å². The van der Waals surface area contributed by atoms with Crippen LogP contribution in [0.25, 0.3) is 0 Å². The molecule has 0 amide bonds. The second kappa shape index (κ2) is 13.9. The fraction of sp³-hybridized carbons (Fsp3) is 0.889. The van der Waals surface area contributed by atoms with Crippen molar-refractivity contribution in [3.63, 3.8) is 0 Å². The number of halogens is 2.